The molecule has 6 nitrogen and oxygen atoms in total. The van der Waals surface area contributed by atoms with Gasteiger partial charge in [0.25, 0.3) is 0 Å². The summed E-state index contributed by atoms with van der Waals surface area (Å²) in [5, 5.41) is 25.3. The maximum Gasteiger partial charge on any atom is 0.306 e. The Morgan fingerprint density at radius 1 is 1.06 bits per heavy atom. The highest BCUT2D eigenvalue weighted by Gasteiger charge is 2.23. The van der Waals surface area contributed by atoms with Gasteiger partial charge in [-0.25, -0.2) is 0 Å². The molecular formula is C29H32N2O4. The topological polar surface area (TPSA) is 98.8 Å². The summed E-state index contributed by atoms with van der Waals surface area (Å²) in [5.74, 6) is -0.373. The molecule has 0 amide bonds. The largest absolute Gasteiger partial charge is 0.481 e. The number of benzene rings is 2. The van der Waals surface area contributed by atoms with Gasteiger partial charge in [-0.3, -0.25) is 4.79 Å². The van der Waals surface area contributed by atoms with Gasteiger partial charge in [0.1, 0.15) is 11.3 Å². The molecule has 0 fully saturated rings. The smallest absolute Gasteiger partial charge is 0.306 e. The van der Waals surface area contributed by atoms with Crippen LogP contribution in [0.15, 0.2) is 58.2 Å². The van der Waals surface area contributed by atoms with Gasteiger partial charge in [-0.15, -0.1) is 0 Å². The van der Waals surface area contributed by atoms with E-state index in [9.17, 15) is 15.1 Å². The molecule has 2 aromatic carbocycles. The van der Waals surface area contributed by atoms with Gasteiger partial charge in [0.2, 0.25) is 0 Å². The van der Waals surface area contributed by atoms with E-state index in [1.165, 1.54) is 22.0 Å². The van der Waals surface area contributed by atoms with Crippen molar-refractivity contribution in [1.82, 2.24) is 4.98 Å². The fourth-order valence-corrected chi connectivity index (χ4v) is 5.44. The highest BCUT2D eigenvalue weighted by molar-refractivity contribution is 6.04. The summed E-state index contributed by atoms with van der Waals surface area (Å²) in [6.07, 6.45) is 11.0. The molecule has 0 radical (unpaired) electrons. The number of carboxylic acid groups (broad SMARTS) is 1. The average Bonchev–Trinajstić information content (AvgIpc) is 3.57. The van der Waals surface area contributed by atoms with Gasteiger partial charge in [0.15, 0.2) is 0 Å². The first-order valence-corrected chi connectivity index (χ1v) is 12.7. The summed E-state index contributed by atoms with van der Waals surface area (Å²) < 4.78 is 6.00. The molecule has 5 rings (SSSR count). The van der Waals surface area contributed by atoms with Crippen LogP contribution in [0.4, 0.5) is 0 Å². The second-order valence-electron chi connectivity index (χ2n) is 9.67. The number of hydrogen-bond donors (Lipinski definition) is 3. The number of rotatable bonds is 11. The Hall–Kier alpha value is -3.54. The predicted octanol–water partition coefficient (Wildman–Crippen LogP) is 6.87. The SMILES string of the molecule is O=C(O)C(CCCCCCc1c[nH]c2ccccc12)CC(=NO)c1ccc2c3c(oc2c1)CCC3. The number of hydrogen-bond acceptors (Lipinski definition) is 4. The predicted molar refractivity (Wildman–Crippen MR) is 137 cm³/mol. The molecular weight excluding hydrogens is 440 g/mol. The molecule has 1 unspecified atom stereocenters. The summed E-state index contributed by atoms with van der Waals surface area (Å²) >= 11 is 0. The normalized spacial score (nSPS) is 14.6. The molecule has 1 aliphatic rings. The molecule has 35 heavy (non-hydrogen) atoms. The molecule has 0 aliphatic heterocycles. The van der Waals surface area contributed by atoms with Crippen LogP contribution in [0.2, 0.25) is 0 Å². The standard InChI is InChI=1S/C29H32N2O4/c32-29(33)20(8-3-1-2-4-9-21-18-30-25-12-6-5-10-22(21)25)16-26(31-34)19-14-15-24-23-11-7-13-27(23)35-28(24)17-19/h5-6,10,12,14-15,17-18,20,30,34H,1-4,7-9,11,13,16H2,(H,32,33). The van der Waals surface area contributed by atoms with Gasteiger partial charge in [-0.05, 0) is 49.8 Å². The van der Waals surface area contributed by atoms with Crippen LogP contribution in [0.1, 0.15) is 67.4 Å². The lowest BCUT2D eigenvalue weighted by Crippen LogP contribution is -2.19. The Morgan fingerprint density at radius 2 is 1.91 bits per heavy atom. The number of furan rings is 1. The summed E-state index contributed by atoms with van der Waals surface area (Å²) in [5.41, 5.74) is 5.69. The molecule has 0 saturated carbocycles. The van der Waals surface area contributed by atoms with E-state index < -0.39 is 11.9 Å². The molecule has 0 saturated heterocycles. The van der Waals surface area contributed by atoms with Crippen LogP contribution in [0.3, 0.4) is 0 Å². The van der Waals surface area contributed by atoms with Crippen LogP contribution < -0.4 is 0 Å². The third kappa shape index (κ3) is 4.97. The van der Waals surface area contributed by atoms with Crippen LogP contribution >= 0.6 is 0 Å². The summed E-state index contributed by atoms with van der Waals surface area (Å²) in [4.78, 5) is 15.3. The monoisotopic (exact) mass is 472 g/mol. The first-order valence-electron chi connectivity index (χ1n) is 12.7. The number of aliphatic carboxylic acids is 1. The van der Waals surface area contributed by atoms with Crippen molar-refractivity contribution in [2.24, 2.45) is 11.1 Å². The molecule has 2 aromatic heterocycles. The first kappa shape index (κ1) is 23.2. The van der Waals surface area contributed by atoms with Gasteiger partial charge < -0.3 is 19.7 Å². The van der Waals surface area contributed by atoms with Crippen molar-refractivity contribution in [1.29, 1.82) is 0 Å². The Balaban J connectivity index is 1.13. The minimum atomic E-state index is -0.844. The van der Waals surface area contributed by atoms with Crippen LogP contribution in [-0.2, 0) is 24.1 Å². The molecule has 4 aromatic rings. The zero-order valence-electron chi connectivity index (χ0n) is 19.9. The van der Waals surface area contributed by atoms with Crippen molar-refractivity contribution in [3.8, 4) is 0 Å². The summed E-state index contributed by atoms with van der Waals surface area (Å²) in [6.45, 7) is 0. The first-order chi connectivity index (χ1) is 17.1. The highest BCUT2D eigenvalue weighted by atomic mass is 16.4. The van der Waals surface area contributed by atoms with E-state index in [4.69, 9.17) is 4.42 Å². The number of aromatic nitrogens is 1. The third-order valence-electron chi connectivity index (χ3n) is 7.37. The molecule has 1 atom stereocenters. The minimum absolute atomic E-state index is 0.201. The van der Waals surface area contributed by atoms with Crippen LogP contribution in [0.5, 0.6) is 0 Å². The van der Waals surface area contributed by atoms with Crippen molar-refractivity contribution in [2.45, 2.75) is 64.2 Å². The van der Waals surface area contributed by atoms with E-state index in [0.29, 0.717) is 12.1 Å². The van der Waals surface area contributed by atoms with E-state index in [0.717, 1.165) is 73.7 Å². The molecule has 1 aliphatic carbocycles. The number of nitrogens with one attached hydrogen (secondary N) is 1. The molecule has 0 bridgehead atoms. The number of para-hydroxylation sites is 1. The minimum Gasteiger partial charge on any atom is -0.481 e. The molecule has 2 heterocycles. The van der Waals surface area contributed by atoms with E-state index in [-0.39, 0.29) is 6.42 Å². The number of unbranched alkanes of at least 4 members (excludes halogenated alkanes) is 3. The van der Waals surface area contributed by atoms with Crippen LogP contribution in [-0.4, -0.2) is 27.0 Å². The number of H-pyrrole nitrogens is 1. The molecule has 182 valence electrons. The number of carboxylic acids is 1. The van der Waals surface area contributed by atoms with E-state index in [1.54, 1.807) is 0 Å². The fourth-order valence-electron chi connectivity index (χ4n) is 5.44. The van der Waals surface area contributed by atoms with Gasteiger partial charge in [0.05, 0.1) is 11.6 Å². The lowest BCUT2D eigenvalue weighted by atomic mass is 9.92. The number of oxime groups is 1. The van der Waals surface area contributed by atoms with Crippen LogP contribution in [0, 0.1) is 5.92 Å². The zero-order valence-corrected chi connectivity index (χ0v) is 19.9. The van der Waals surface area contributed by atoms with Gasteiger partial charge in [-0.1, -0.05) is 54.8 Å². The van der Waals surface area contributed by atoms with Gasteiger partial charge >= 0.3 is 5.97 Å². The Kier molecular flexibility index (Phi) is 6.89. The second kappa shape index (κ2) is 10.4. The number of nitrogens with zero attached hydrogens (tertiary/aromatic N) is 1. The third-order valence-corrected chi connectivity index (χ3v) is 7.37. The lowest BCUT2D eigenvalue weighted by Gasteiger charge is -2.13. The van der Waals surface area contributed by atoms with Crippen molar-refractivity contribution >= 4 is 33.6 Å². The average molecular weight is 473 g/mol. The molecule has 6 heteroatoms. The highest BCUT2D eigenvalue weighted by Crippen LogP contribution is 2.33. The van der Waals surface area contributed by atoms with Crippen molar-refractivity contribution < 1.29 is 19.5 Å². The Bertz CT molecular complexity index is 1360. The maximum absolute atomic E-state index is 11.9. The van der Waals surface area contributed by atoms with Gasteiger partial charge in [-0.2, -0.15) is 0 Å². The Labute approximate surface area is 204 Å². The van der Waals surface area contributed by atoms with E-state index >= 15 is 0 Å². The zero-order chi connectivity index (χ0) is 24.2. The van der Waals surface area contributed by atoms with E-state index in [2.05, 4.69) is 34.5 Å². The van der Waals surface area contributed by atoms with Crippen molar-refractivity contribution in [3.05, 3.63) is 71.1 Å². The summed E-state index contributed by atoms with van der Waals surface area (Å²) in [6, 6.07) is 14.1. The lowest BCUT2D eigenvalue weighted by molar-refractivity contribution is -0.141. The molecule has 3 N–H and O–H groups in total. The second-order valence-corrected chi connectivity index (χ2v) is 9.67. The van der Waals surface area contributed by atoms with E-state index in [1.807, 2.05) is 24.3 Å². The van der Waals surface area contributed by atoms with Gasteiger partial charge in [0, 0.05) is 46.5 Å². The van der Waals surface area contributed by atoms with Crippen LogP contribution in [0.25, 0.3) is 21.9 Å². The quantitative estimate of drug-likeness (QED) is 0.0960. The number of fused-ring (bicyclic) bond motifs is 4. The van der Waals surface area contributed by atoms with Crippen molar-refractivity contribution in [3.63, 3.8) is 0 Å². The number of aromatic amines is 1. The summed E-state index contributed by atoms with van der Waals surface area (Å²) in [7, 11) is 0. The number of carbonyl (C=O) groups is 1. The Morgan fingerprint density at radius 3 is 2.77 bits per heavy atom. The van der Waals surface area contributed by atoms with Crippen molar-refractivity contribution in [2.75, 3.05) is 0 Å². The molecule has 0 spiro atoms. The fraction of sp³-hybridized carbons (Fsp3) is 0.379. The maximum atomic E-state index is 11.9. The number of aryl methyl sites for hydroxylation is 3.